The highest BCUT2D eigenvalue weighted by Crippen LogP contribution is 2.24. The van der Waals surface area contributed by atoms with Gasteiger partial charge in [-0.15, -0.1) is 0 Å². The van der Waals surface area contributed by atoms with Crippen LogP contribution in [0.25, 0.3) is 0 Å². The average molecular weight is 340 g/mol. The maximum absolute atomic E-state index is 11.9. The Kier molecular flexibility index (Phi) is 5.25. The van der Waals surface area contributed by atoms with Crippen LogP contribution >= 0.6 is 0 Å². The van der Waals surface area contributed by atoms with Crippen molar-refractivity contribution in [3.63, 3.8) is 0 Å². The molecule has 1 amide bonds. The molecule has 0 aromatic heterocycles. The van der Waals surface area contributed by atoms with Crippen LogP contribution in [0.5, 0.6) is 11.5 Å². The molecule has 1 atom stereocenters. The van der Waals surface area contributed by atoms with E-state index >= 15 is 0 Å². The summed E-state index contributed by atoms with van der Waals surface area (Å²) in [5, 5.41) is 13.8. The van der Waals surface area contributed by atoms with Crippen molar-refractivity contribution in [1.82, 2.24) is 5.43 Å². The normalized spacial score (nSPS) is 20.3. The smallest absolute Gasteiger partial charge is 0.240 e. The molecule has 1 aromatic carbocycles. The number of phenols is 1. The van der Waals surface area contributed by atoms with Gasteiger partial charge in [0.15, 0.2) is 9.84 Å². The van der Waals surface area contributed by atoms with E-state index in [9.17, 15) is 18.3 Å². The van der Waals surface area contributed by atoms with Gasteiger partial charge in [0.05, 0.1) is 24.3 Å². The van der Waals surface area contributed by atoms with Crippen molar-refractivity contribution >= 4 is 21.5 Å². The molecule has 0 saturated carbocycles. The second-order valence-electron chi connectivity index (χ2n) is 5.59. The van der Waals surface area contributed by atoms with Crippen LogP contribution in [0.3, 0.4) is 0 Å². The van der Waals surface area contributed by atoms with E-state index in [1.165, 1.54) is 13.2 Å². The van der Waals surface area contributed by atoms with Gasteiger partial charge in [0.25, 0.3) is 0 Å². The fraction of sp³-hybridized carbons (Fsp3) is 0.467. The van der Waals surface area contributed by atoms with Crippen LogP contribution in [0.4, 0.5) is 0 Å². The summed E-state index contributed by atoms with van der Waals surface area (Å²) in [5.74, 6) is 0.303. The zero-order chi connectivity index (χ0) is 17.0. The van der Waals surface area contributed by atoms with Gasteiger partial charge in [-0.3, -0.25) is 4.79 Å². The van der Waals surface area contributed by atoms with Crippen LogP contribution in [-0.2, 0) is 14.6 Å². The molecule has 8 heteroatoms. The molecule has 126 valence electrons. The summed E-state index contributed by atoms with van der Waals surface area (Å²) < 4.78 is 27.8. The molecule has 0 unspecified atom stereocenters. The molecule has 0 spiro atoms. The molecule has 1 aromatic rings. The Labute approximate surface area is 135 Å². The Morgan fingerprint density at radius 3 is 2.83 bits per heavy atom. The zero-order valence-electron chi connectivity index (χ0n) is 13.1. The molecule has 2 rings (SSSR count). The number of carbonyl (C=O) groups excluding carboxylic acids is 1. The molecule has 1 heterocycles. The number of hydrazone groups is 1. The largest absolute Gasteiger partial charge is 0.507 e. The van der Waals surface area contributed by atoms with Gasteiger partial charge in [0.2, 0.25) is 5.91 Å². The fourth-order valence-electron chi connectivity index (χ4n) is 2.48. The van der Waals surface area contributed by atoms with E-state index in [1.807, 2.05) is 0 Å². The average Bonchev–Trinajstić information content (AvgIpc) is 2.84. The van der Waals surface area contributed by atoms with Crippen LogP contribution in [0.2, 0.25) is 0 Å². The quantitative estimate of drug-likeness (QED) is 0.616. The fourth-order valence-corrected chi connectivity index (χ4v) is 4.34. The van der Waals surface area contributed by atoms with E-state index in [-0.39, 0.29) is 35.5 Å². The molecule has 0 aliphatic carbocycles. The molecule has 23 heavy (non-hydrogen) atoms. The standard InChI is InChI=1S/C15H20N2O5S/c1-10(13-8-12(22-2)3-4-14(13)18)16-17-15(19)7-11-5-6-23(20,21)9-11/h3-4,8,11,18H,5-7,9H2,1-2H3,(H,17,19)/b16-10+/t11-/m1/s1. The molecule has 1 aliphatic rings. The second kappa shape index (κ2) is 6.99. The highest BCUT2D eigenvalue weighted by atomic mass is 32.2. The summed E-state index contributed by atoms with van der Waals surface area (Å²) in [5.41, 5.74) is 3.28. The van der Waals surface area contributed by atoms with Gasteiger partial charge >= 0.3 is 0 Å². The molecule has 1 saturated heterocycles. The summed E-state index contributed by atoms with van der Waals surface area (Å²) in [6.45, 7) is 1.65. The number of ether oxygens (including phenoxy) is 1. The Hall–Kier alpha value is -2.09. The van der Waals surface area contributed by atoms with Crippen LogP contribution in [0.15, 0.2) is 23.3 Å². The number of benzene rings is 1. The Balaban J connectivity index is 1.98. The van der Waals surface area contributed by atoms with E-state index in [0.717, 1.165) is 0 Å². The molecule has 1 fully saturated rings. The van der Waals surface area contributed by atoms with Gasteiger partial charge in [-0.05, 0) is 37.5 Å². The number of sulfone groups is 1. The van der Waals surface area contributed by atoms with Crippen molar-refractivity contribution in [3.8, 4) is 11.5 Å². The number of phenolic OH excluding ortho intramolecular Hbond substituents is 1. The molecular formula is C15H20N2O5S. The lowest BCUT2D eigenvalue weighted by Gasteiger charge is -2.08. The summed E-state index contributed by atoms with van der Waals surface area (Å²) in [7, 11) is -1.48. The molecule has 0 radical (unpaired) electrons. The highest BCUT2D eigenvalue weighted by Gasteiger charge is 2.29. The summed E-state index contributed by atoms with van der Waals surface area (Å²) in [4.78, 5) is 11.9. The predicted octanol–water partition coefficient (Wildman–Crippen LogP) is 1.07. The third-order valence-electron chi connectivity index (χ3n) is 3.74. The first-order valence-corrected chi connectivity index (χ1v) is 9.04. The first kappa shape index (κ1) is 17.3. The van der Waals surface area contributed by atoms with Crippen molar-refractivity contribution in [2.75, 3.05) is 18.6 Å². The minimum Gasteiger partial charge on any atom is -0.507 e. The minimum atomic E-state index is -2.99. The Bertz CT molecular complexity index is 727. The number of aromatic hydroxyl groups is 1. The van der Waals surface area contributed by atoms with Crippen LogP contribution < -0.4 is 10.2 Å². The summed E-state index contributed by atoms with van der Waals surface area (Å²) >= 11 is 0. The number of nitrogens with zero attached hydrogens (tertiary/aromatic N) is 1. The zero-order valence-corrected chi connectivity index (χ0v) is 13.9. The first-order chi connectivity index (χ1) is 10.8. The van der Waals surface area contributed by atoms with E-state index in [1.54, 1.807) is 19.1 Å². The van der Waals surface area contributed by atoms with E-state index in [0.29, 0.717) is 23.4 Å². The lowest BCUT2D eigenvalue weighted by molar-refractivity contribution is -0.121. The molecular weight excluding hydrogens is 320 g/mol. The SMILES string of the molecule is COc1ccc(O)c(/C(C)=N/NC(=O)C[C@H]2CCS(=O)(=O)C2)c1. The number of amides is 1. The molecule has 7 nitrogen and oxygen atoms in total. The lowest BCUT2D eigenvalue weighted by atomic mass is 10.1. The second-order valence-corrected chi connectivity index (χ2v) is 7.82. The van der Waals surface area contributed by atoms with Gasteiger partial charge in [-0.2, -0.15) is 5.10 Å². The predicted molar refractivity (Wildman–Crippen MR) is 86.4 cm³/mol. The molecule has 0 bridgehead atoms. The number of methoxy groups -OCH3 is 1. The van der Waals surface area contributed by atoms with Gasteiger partial charge in [-0.25, -0.2) is 13.8 Å². The maximum atomic E-state index is 11.9. The van der Waals surface area contributed by atoms with Gasteiger partial charge in [-0.1, -0.05) is 0 Å². The van der Waals surface area contributed by atoms with E-state index in [4.69, 9.17) is 4.74 Å². The molecule has 2 N–H and O–H groups in total. The van der Waals surface area contributed by atoms with Gasteiger partial charge < -0.3 is 9.84 Å². The third-order valence-corrected chi connectivity index (χ3v) is 5.58. The van der Waals surface area contributed by atoms with Gasteiger partial charge in [0, 0.05) is 12.0 Å². The number of carbonyl (C=O) groups is 1. The van der Waals surface area contributed by atoms with Crippen molar-refractivity contribution in [2.24, 2.45) is 11.0 Å². The number of hydrogen-bond acceptors (Lipinski definition) is 6. The van der Waals surface area contributed by atoms with E-state index < -0.39 is 9.84 Å². The number of nitrogens with one attached hydrogen (secondary N) is 1. The van der Waals surface area contributed by atoms with Crippen molar-refractivity contribution in [2.45, 2.75) is 19.8 Å². The van der Waals surface area contributed by atoms with Crippen molar-refractivity contribution in [1.29, 1.82) is 0 Å². The Morgan fingerprint density at radius 2 is 2.22 bits per heavy atom. The first-order valence-electron chi connectivity index (χ1n) is 7.21. The van der Waals surface area contributed by atoms with E-state index in [2.05, 4.69) is 10.5 Å². The minimum absolute atomic E-state index is 0.0307. The van der Waals surface area contributed by atoms with Crippen LogP contribution in [-0.4, -0.2) is 43.8 Å². The molecule has 1 aliphatic heterocycles. The van der Waals surface area contributed by atoms with Gasteiger partial charge in [0.1, 0.15) is 11.5 Å². The lowest BCUT2D eigenvalue weighted by Crippen LogP contribution is -2.22. The van der Waals surface area contributed by atoms with Crippen molar-refractivity contribution < 1.29 is 23.1 Å². The van der Waals surface area contributed by atoms with Crippen LogP contribution in [0, 0.1) is 5.92 Å². The summed E-state index contributed by atoms with van der Waals surface area (Å²) in [6, 6.07) is 4.72. The monoisotopic (exact) mass is 340 g/mol. The topological polar surface area (TPSA) is 105 Å². The summed E-state index contributed by atoms with van der Waals surface area (Å²) in [6.07, 6.45) is 0.634. The number of rotatable bonds is 5. The number of hydrogen-bond donors (Lipinski definition) is 2. The highest BCUT2D eigenvalue weighted by molar-refractivity contribution is 7.91. The van der Waals surface area contributed by atoms with Crippen molar-refractivity contribution in [3.05, 3.63) is 23.8 Å². The Morgan fingerprint density at radius 1 is 1.48 bits per heavy atom. The van der Waals surface area contributed by atoms with Crippen LogP contribution in [0.1, 0.15) is 25.3 Å². The maximum Gasteiger partial charge on any atom is 0.240 e. The third kappa shape index (κ3) is 4.69.